The van der Waals surface area contributed by atoms with Crippen LogP contribution in [0.5, 0.6) is 0 Å². The van der Waals surface area contributed by atoms with Gasteiger partial charge in [-0.1, -0.05) is 0 Å². The molecule has 13 heavy (non-hydrogen) atoms. The Labute approximate surface area is 80.2 Å². The smallest absolute Gasteiger partial charge is 0.0618 e. The topological polar surface area (TPSA) is 69.9 Å². The van der Waals surface area contributed by atoms with E-state index in [9.17, 15) is 4.21 Å². The zero-order valence-corrected chi connectivity index (χ0v) is 9.30. The van der Waals surface area contributed by atoms with Crippen molar-refractivity contribution < 1.29 is 14.4 Å². The monoisotopic (exact) mass is 209 g/mol. The molecule has 0 radical (unpaired) electrons. The molecule has 0 aromatic carbocycles. The second-order valence-corrected chi connectivity index (χ2v) is 6.43. The summed E-state index contributed by atoms with van der Waals surface area (Å²) in [5.41, 5.74) is -0.387. The molecule has 2 N–H and O–H groups in total. The van der Waals surface area contributed by atoms with E-state index < -0.39 is 9.73 Å². The van der Waals surface area contributed by atoms with Crippen LogP contribution in [0.2, 0.25) is 0 Å². The number of aliphatic hydroxyl groups is 2. The molecule has 0 saturated carbocycles. The predicted molar refractivity (Wildman–Crippen MR) is 54.2 cm³/mol. The summed E-state index contributed by atoms with van der Waals surface area (Å²) in [6.45, 7) is 5.24. The SMILES string of the molecule is CC(C)(C)N=S(=O)(CCO)CCO. The maximum absolute atomic E-state index is 11.9. The average molecular weight is 209 g/mol. The van der Waals surface area contributed by atoms with Gasteiger partial charge in [0.15, 0.2) is 0 Å². The molecule has 0 amide bonds. The van der Waals surface area contributed by atoms with Crippen molar-refractivity contribution in [1.29, 1.82) is 0 Å². The minimum absolute atomic E-state index is 0.144. The highest BCUT2D eigenvalue weighted by Gasteiger charge is 2.14. The number of hydrogen-bond acceptors (Lipinski definition) is 4. The first-order valence-corrected chi connectivity index (χ1v) is 6.14. The van der Waals surface area contributed by atoms with Crippen LogP contribution in [-0.4, -0.2) is 44.7 Å². The molecule has 0 fully saturated rings. The molecule has 0 unspecified atom stereocenters. The first-order valence-electron chi connectivity index (χ1n) is 4.28. The Hall–Kier alpha value is -0.130. The molecule has 4 nitrogen and oxygen atoms in total. The molecule has 0 heterocycles. The minimum Gasteiger partial charge on any atom is -0.395 e. The lowest BCUT2D eigenvalue weighted by molar-refractivity contribution is 0.314. The lowest BCUT2D eigenvalue weighted by atomic mass is 10.1. The summed E-state index contributed by atoms with van der Waals surface area (Å²) < 4.78 is 16.0. The van der Waals surface area contributed by atoms with E-state index in [-0.39, 0.29) is 30.3 Å². The Kier molecular flexibility index (Phi) is 4.88. The third-order valence-corrected chi connectivity index (χ3v) is 3.78. The van der Waals surface area contributed by atoms with E-state index in [2.05, 4.69) is 4.36 Å². The zero-order valence-electron chi connectivity index (χ0n) is 8.49. The lowest BCUT2D eigenvalue weighted by Crippen LogP contribution is -2.22. The van der Waals surface area contributed by atoms with Crippen LogP contribution < -0.4 is 0 Å². The second kappa shape index (κ2) is 4.93. The highest BCUT2D eigenvalue weighted by molar-refractivity contribution is 7.93. The van der Waals surface area contributed by atoms with Gasteiger partial charge in [0.2, 0.25) is 0 Å². The second-order valence-electron chi connectivity index (χ2n) is 3.89. The molecular weight excluding hydrogens is 190 g/mol. The van der Waals surface area contributed by atoms with Gasteiger partial charge in [-0.05, 0) is 20.8 Å². The maximum Gasteiger partial charge on any atom is 0.0618 e. The molecule has 0 atom stereocenters. The maximum atomic E-state index is 11.9. The highest BCUT2D eigenvalue weighted by atomic mass is 32.2. The standard InChI is InChI=1S/C8H19NO3S/c1-8(2,3)9-13(12,6-4-10)7-5-11/h10-11H,4-7H2,1-3H3. The van der Waals surface area contributed by atoms with Crippen molar-refractivity contribution >= 4 is 9.73 Å². The zero-order chi connectivity index (χ0) is 10.5. The lowest BCUT2D eigenvalue weighted by Gasteiger charge is -2.16. The van der Waals surface area contributed by atoms with Crippen molar-refractivity contribution in [2.75, 3.05) is 24.7 Å². The molecule has 0 aliphatic carbocycles. The van der Waals surface area contributed by atoms with Gasteiger partial charge < -0.3 is 10.2 Å². The van der Waals surface area contributed by atoms with Crippen molar-refractivity contribution in [3.8, 4) is 0 Å². The van der Waals surface area contributed by atoms with Crippen molar-refractivity contribution in [3.63, 3.8) is 0 Å². The van der Waals surface area contributed by atoms with Gasteiger partial charge in [0.1, 0.15) is 0 Å². The highest BCUT2D eigenvalue weighted by Crippen LogP contribution is 2.11. The molecule has 0 bridgehead atoms. The van der Waals surface area contributed by atoms with Crippen molar-refractivity contribution in [3.05, 3.63) is 0 Å². The van der Waals surface area contributed by atoms with Gasteiger partial charge in [0.25, 0.3) is 0 Å². The Morgan fingerprint density at radius 1 is 1.15 bits per heavy atom. The van der Waals surface area contributed by atoms with E-state index in [0.717, 1.165) is 0 Å². The van der Waals surface area contributed by atoms with Crippen molar-refractivity contribution in [1.82, 2.24) is 0 Å². The third-order valence-electron chi connectivity index (χ3n) is 1.26. The summed E-state index contributed by atoms with van der Waals surface area (Å²) in [4.78, 5) is 0. The summed E-state index contributed by atoms with van der Waals surface area (Å²) in [5, 5.41) is 17.4. The van der Waals surface area contributed by atoms with Crippen LogP contribution in [0.1, 0.15) is 20.8 Å². The normalized spacial score (nSPS) is 13.0. The number of aliphatic hydroxyl groups excluding tert-OH is 2. The van der Waals surface area contributed by atoms with Gasteiger partial charge in [-0.3, -0.25) is 0 Å². The van der Waals surface area contributed by atoms with Crippen LogP contribution in [0, 0.1) is 0 Å². The first kappa shape index (κ1) is 12.9. The van der Waals surface area contributed by atoms with Crippen LogP contribution >= 0.6 is 0 Å². The largest absolute Gasteiger partial charge is 0.395 e. The van der Waals surface area contributed by atoms with Gasteiger partial charge >= 0.3 is 0 Å². The minimum atomic E-state index is -2.42. The average Bonchev–Trinajstić information content (AvgIpc) is 1.82. The van der Waals surface area contributed by atoms with Gasteiger partial charge in [-0.2, -0.15) is 0 Å². The quantitative estimate of drug-likeness (QED) is 0.696. The van der Waals surface area contributed by atoms with Gasteiger partial charge in [0, 0.05) is 0 Å². The summed E-state index contributed by atoms with van der Waals surface area (Å²) >= 11 is 0. The molecule has 0 rings (SSSR count). The van der Waals surface area contributed by atoms with E-state index in [4.69, 9.17) is 10.2 Å². The first-order chi connectivity index (χ1) is 5.83. The fraction of sp³-hybridized carbons (Fsp3) is 1.00. The summed E-state index contributed by atoms with van der Waals surface area (Å²) in [7, 11) is -2.42. The van der Waals surface area contributed by atoms with E-state index >= 15 is 0 Å². The molecular formula is C8H19NO3S. The molecule has 0 aliphatic rings. The molecule has 0 aliphatic heterocycles. The van der Waals surface area contributed by atoms with E-state index in [1.807, 2.05) is 20.8 Å². The van der Waals surface area contributed by atoms with Crippen LogP contribution in [0.4, 0.5) is 0 Å². The number of nitrogens with zero attached hydrogens (tertiary/aromatic N) is 1. The van der Waals surface area contributed by atoms with E-state index in [0.29, 0.717) is 0 Å². The Morgan fingerprint density at radius 2 is 1.54 bits per heavy atom. The van der Waals surface area contributed by atoms with E-state index in [1.165, 1.54) is 0 Å². The molecule has 80 valence electrons. The summed E-state index contributed by atoms with van der Waals surface area (Å²) in [6, 6.07) is 0. The van der Waals surface area contributed by atoms with E-state index in [1.54, 1.807) is 0 Å². The number of rotatable bonds is 4. The molecule has 0 aromatic rings. The third kappa shape index (κ3) is 6.01. The fourth-order valence-corrected chi connectivity index (χ4v) is 2.93. The summed E-state index contributed by atoms with van der Waals surface area (Å²) in [6.07, 6.45) is 0. The molecule has 0 spiro atoms. The summed E-state index contributed by atoms with van der Waals surface area (Å²) in [5.74, 6) is 0.287. The van der Waals surface area contributed by atoms with Crippen LogP contribution in [0.15, 0.2) is 4.36 Å². The Morgan fingerprint density at radius 3 is 1.77 bits per heavy atom. The van der Waals surface area contributed by atoms with Crippen LogP contribution in [0.3, 0.4) is 0 Å². The van der Waals surface area contributed by atoms with Crippen molar-refractivity contribution in [2.45, 2.75) is 26.3 Å². The van der Waals surface area contributed by atoms with Gasteiger partial charge in [-0.15, -0.1) is 0 Å². The molecule has 5 heteroatoms. The van der Waals surface area contributed by atoms with Crippen molar-refractivity contribution in [2.24, 2.45) is 4.36 Å². The van der Waals surface area contributed by atoms with Crippen LogP contribution in [0.25, 0.3) is 0 Å². The van der Waals surface area contributed by atoms with Gasteiger partial charge in [0.05, 0.1) is 40.0 Å². The molecule has 0 saturated heterocycles. The molecule has 0 aromatic heterocycles. The van der Waals surface area contributed by atoms with Gasteiger partial charge in [-0.25, -0.2) is 8.57 Å². The predicted octanol–water partition coefficient (Wildman–Crippen LogP) is 0.238. The van der Waals surface area contributed by atoms with Crippen LogP contribution in [-0.2, 0) is 9.73 Å². The Bertz CT molecular complexity index is 237. The fourth-order valence-electron chi connectivity index (χ4n) is 0.978. The Balaban J connectivity index is 4.78. The number of hydrogen-bond donors (Lipinski definition) is 2.